The van der Waals surface area contributed by atoms with Crippen LogP contribution in [-0.2, 0) is 20.0 Å². The highest BCUT2D eigenvalue weighted by molar-refractivity contribution is 8.11. The first-order chi connectivity index (χ1) is 10.2. The fraction of sp³-hybridized carbons (Fsp3) is 0.250. The maximum absolute atomic E-state index is 12.5. The standard InChI is InChI=1S/C8H3F6N3O4S2/c9-7(10,11)22(18,19)17(23(20,21)8(12,13)14)6-2-1-5(3-15)4-16-6/h1-2,4H. The van der Waals surface area contributed by atoms with Gasteiger partial charge in [-0.15, -0.1) is 3.71 Å². The number of anilines is 1. The molecule has 1 aromatic heterocycles. The SMILES string of the molecule is N#Cc1ccc(N(S(=O)(=O)C(F)(F)F)S(=O)(=O)C(F)(F)F)nc1. The summed E-state index contributed by atoms with van der Waals surface area (Å²) in [7, 11) is -13.9. The molecule has 1 aromatic rings. The van der Waals surface area contributed by atoms with Crippen LogP contribution in [-0.4, -0.2) is 32.8 Å². The molecule has 128 valence electrons. The lowest BCUT2D eigenvalue weighted by Crippen LogP contribution is -2.49. The fourth-order valence-electron chi connectivity index (χ4n) is 1.12. The summed E-state index contributed by atoms with van der Waals surface area (Å²) in [6, 6.07) is 2.21. The molecule has 23 heavy (non-hydrogen) atoms. The molecule has 1 rings (SSSR count). The Balaban J connectivity index is 3.74. The van der Waals surface area contributed by atoms with E-state index in [9.17, 15) is 43.2 Å². The van der Waals surface area contributed by atoms with E-state index in [1.165, 1.54) is 6.07 Å². The van der Waals surface area contributed by atoms with Gasteiger partial charge in [-0.05, 0) is 12.1 Å². The molecular formula is C8H3F6N3O4S2. The molecule has 0 radical (unpaired) electrons. The molecule has 0 saturated carbocycles. The summed E-state index contributed by atoms with van der Waals surface area (Å²) in [6.07, 6.45) is 0.403. The first kappa shape index (κ1) is 19.0. The minimum Gasteiger partial charge on any atom is -0.236 e. The van der Waals surface area contributed by atoms with E-state index < -0.39 is 40.6 Å². The predicted octanol–water partition coefficient (Wildman–Crippen LogP) is 1.46. The summed E-state index contributed by atoms with van der Waals surface area (Å²) in [6.45, 7) is 0. The Kier molecular flexibility index (Phi) is 4.56. The Morgan fingerprint density at radius 1 is 0.957 bits per heavy atom. The van der Waals surface area contributed by atoms with Gasteiger partial charge in [0.2, 0.25) is 0 Å². The Morgan fingerprint density at radius 2 is 1.39 bits per heavy atom. The van der Waals surface area contributed by atoms with Gasteiger partial charge in [-0.3, -0.25) is 0 Å². The lowest BCUT2D eigenvalue weighted by Gasteiger charge is -2.24. The van der Waals surface area contributed by atoms with Gasteiger partial charge in [0.05, 0.1) is 5.56 Å². The molecule has 0 atom stereocenters. The largest absolute Gasteiger partial charge is 0.517 e. The zero-order valence-electron chi connectivity index (χ0n) is 10.3. The molecule has 1 heterocycles. The van der Waals surface area contributed by atoms with Crippen molar-refractivity contribution in [3.63, 3.8) is 0 Å². The third kappa shape index (κ3) is 3.32. The van der Waals surface area contributed by atoms with E-state index in [0.717, 1.165) is 0 Å². The molecule has 15 heteroatoms. The Morgan fingerprint density at radius 3 is 1.65 bits per heavy atom. The molecular weight excluding hydrogens is 380 g/mol. The highest BCUT2D eigenvalue weighted by Gasteiger charge is 2.62. The Bertz CT molecular complexity index is 792. The molecule has 0 aliphatic rings. The number of halogens is 6. The second-order valence-electron chi connectivity index (χ2n) is 3.62. The van der Waals surface area contributed by atoms with Crippen LogP contribution in [0.4, 0.5) is 32.2 Å². The minimum atomic E-state index is -6.97. The van der Waals surface area contributed by atoms with Crippen LogP contribution in [0.15, 0.2) is 18.3 Å². The first-order valence-corrected chi connectivity index (χ1v) is 7.83. The van der Waals surface area contributed by atoms with Gasteiger partial charge in [-0.2, -0.15) is 48.4 Å². The molecule has 0 amide bonds. The van der Waals surface area contributed by atoms with Crippen LogP contribution >= 0.6 is 0 Å². The number of hydrogen-bond donors (Lipinski definition) is 0. The number of rotatable bonds is 3. The third-order valence-electron chi connectivity index (χ3n) is 2.09. The summed E-state index contributed by atoms with van der Waals surface area (Å²) in [5, 5.41) is 8.45. The maximum Gasteiger partial charge on any atom is 0.517 e. The molecule has 0 saturated heterocycles. The monoisotopic (exact) mass is 383 g/mol. The number of nitrogens with zero attached hydrogens (tertiary/aromatic N) is 3. The predicted molar refractivity (Wildman–Crippen MR) is 61.4 cm³/mol. The average molecular weight is 383 g/mol. The number of nitriles is 1. The summed E-state index contributed by atoms with van der Waals surface area (Å²) in [4.78, 5) is 2.85. The van der Waals surface area contributed by atoms with E-state index in [-0.39, 0.29) is 11.6 Å². The molecule has 0 fully saturated rings. The van der Waals surface area contributed by atoms with Crippen LogP contribution < -0.4 is 3.71 Å². The van der Waals surface area contributed by atoms with Crippen molar-refractivity contribution in [1.82, 2.24) is 4.98 Å². The number of hydrogen-bond acceptors (Lipinski definition) is 6. The highest BCUT2D eigenvalue weighted by Crippen LogP contribution is 2.37. The molecule has 0 bridgehead atoms. The van der Waals surface area contributed by atoms with Gasteiger partial charge in [-0.1, -0.05) is 0 Å². The lowest BCUT2D eigenvalue weighted by atomic mass is 10.3. The van der Waals surface area contributed by atoms with Gasteiger partial charge in [0, 0.05) is 6.20 Å². The van der Waals surface area contributed by atoms with Crippen molar-refractivity contribution < 1.29 is 43.2 Å². The van der Waals surface area contributed by atoms with E-state index in [1.807, 2.05) is 0 Å². The van der Waals surface area contributed by atoms with Crippen molar-refractivity contribution in [2.24, 2.45) is 0 Å². The summed E-state index contributed by atoms with van der Waals surface area (Å²) in [5.41, 5.74) is -13.1. The van der Waals surface area contributed by atoms with Crippen molar-refractivity contribution in [2.45, 2.75) is 11.0 Å². The third-order valence-corrected chi connectivity index (χ3v) is 5.68. The second-order valence-corrected chi connectivity index (χ2v) is 7.40. The maximum atomic E-state index is 12.5. The van der Waals surface area contributed by atoms with Gasteiger partial charge < -0.3 is 0 Å². The molecule has 0 aliphatic heterocycles. The number of sulfonamides is 2. The molecule has 7 nitrogen and oxygen atoms in total. The normalized spacial score (nSPS) is 13.4. The van der Waals surface area contributed by atoms with Crippen LogP contribution in [0.25, 0.3) is 0 Å². The molecule has 0 unspecified atom stereocenters. The molecule has 0 N–H and O–H groups in total. The second kappa shape index (κ2) is 5.53. The zero-order valence-corrected chi connectivity index (χ0v) is 11.9. The molecule has 0 spiro atoms. The van der Waals surface area contributed by atoms with Gasteiger partial charge in [0.15, 0.2) is 5.82 Å². The highest BCUT2D eigenvalue weighted by atomic mass is 32.3. The average Bonchev–Trinajstić information content (AvgIpc) is 2.36. The zero-order chi connectivity index (χ0) is 18.3. The molecule has 0 aliphatic carbocycles. The smallest absolute Gasteiger partial charge is 0.236 e. The van der Waals surface area contributed by atoms with Crippen molar-refractivity contribution in [3.05, 3.63) is 23.9 Å². The van der Waals surface area contributed by atoms with Crippen LogP contribution in [0.3, 0.4) is 0 Å². The van der Waals surface area contributed by atoms with Crippen molar-refractivity contribution in [3.8, 4) is 6.07 Å². The Labute approximate surface area is 124 Å². The van der Waals surface area contributed by atoms with E-state index in [0.29, 0.717) is 12.3 Å². The minimum absolute atomic E-state index is 0.213. The van der Waals surface area contributed by atoms with E-state index in [1.54, 1.807) is 0 Å². The summed E-state index contributed by atoms with van der Waals surface area (Å²) in [5.74, 6) is -1.70. The van der Waals surface area contributed by atoms with Crippen LogP contribution in [0.1, 0.15) is 5.56 Å². The van der Waals surface area contributed by atoms with Gasteiger partial charge in [0.1, 0.15) is 6.07 Å². The van der Waals surface area contributed by atoms with Gasteiger partial charge >= 0.3 is 31.1 Å². The van der Waals surface area contributed by atoms with Crippen LogP contribution in [0, 0.1) is 11.3 Å². The quantitative estimate of drug-likeness (QED) is 0.732. The molecule has 0 aromatic carbocycles. The lowest BCUT2D eigenvalue weighted by molar-refractivity contribution is -0.0462. The van der Waals surface area contributed by atoms with Crippen LogP contribution in [0.2, 0.25) is 0 Å². The van der Waals surface area contributed by atoms with Gasteiger partial charge in [-0.25, -0.2) is 4.98 Å². The van der Waals surface area contributed by atoms with Gasteiger partial charge in [0.25, 0.3) is 0 Å². The number of pyridine rings is 1. The fourth-order valence-corrected chi connectivity index (χ4v) is 3.75. The summed E-state index contributed by atoms with van der Waals surface area (Å²) >= 11 is 0. The first-order valence-electron chi connectivity index (χ1n) is 4.95. The van der Waals surface area contributed by atoms with E-state index in [2.05, 4.69) is 4.98 Å². The summed E-state index contributed by atoms with van der Waals surface area (Å²) < 4.78 is 118. The van der Waals surface area contributed by atoms with E-state index in [4.69, 9.17) is 5.26 Å². The Hall–Kier alpha value is -2.08. The van der Waals surface area contributed by atoms with E-state index >= 15 is 0 Å². The number of alkyl halides is 6. The number of aromatic nitrogens is 1. The van der Waals surface area contributed by atoms with Crippen molar-refractivity contribution in [2.75, 3.05) is 3.71 Å². The van der Waals surface area contributed by atoms with Crippen molar-refractivity contribution in [1.29, 1.82) is 5.26 Å². The van der Waals surface area contributed by atoms with Crippen LogP contribution in [0.5, 0.6) is 0 Å². The topological polar surface area (TPSA) is 108 Å². The van der Waals surface area contributed by atoms with Crippen molar-refractivity contribution >= 4 is 25.9 Å².